The van der Waals surface area contributed by atoms with Crippen molar-refractivity contribution in [1.29, 1.82) is 0 Å². The molecule has 0 saturated carbocycles. The molecule has 6 aromatic rings. The van der Waals surface area contributed by atoms with Gasteiger partial charge in [-0.05, 0) is 42.3 Å². The standard InChI is InChI=1S/C24H19ClN8/c25-16-5-6-21-19(10-16)23(30-17-9-15-12-29-33-22(15)28-13-17)32-24(31-21)26-8-7-14-11-27-20-4-2-1-3-18(14)20/h1-6,9-13,27H,7-8H2,(H,28,29,33)(H2,26,30,31,32). The van der Waals surface area contributed by atoms with E-state index in [0.717, 1.165) is 39.6 Å². The normalized spacial score (nSPS) is 11.4. The van der Waals surface area contributed by atoms with Crippen molar-refractivity contribution < 1.29 is 0 Å². The third-order valence-corrected chi connectivity index (χ3v) is 5.80. The molecule has 162 valence electrons. The van der Waals surface area contributed by atoms with Crippen LogP contribution in [0.2, 0.25) is 5.02 Å². The van der Waals surface area contributed by atoms with E-state index < -0.39 is 0 Å². The first kappa shape index (κ1) is 19.5. The van der Waals surface area contributed by atoms with Gasteiger partial charge in [0.2, 0.25) is 5.95 Å². The van der Waals surface area contributed by atoms with Gasteiger partial charge in [-0.3, -0.25) is 5.10 Å². The first-order valence-electron chi connectivity index (χ1n) is 10.6. The maximum absolute atomic E-state index is 6.26. The second-order valence-corrected chi connectivity index (χ2v) is 8.19. The lowest BCUT2D eigenvalue weighted by molar-refractivity contribution is 0.998. The molecule has 4 aromatic heterocycles. The van der Waals surface area contributed by atoms with Crippen LogP contribution in [0.5, 0.6) is 0 Å². The fourth-order valence-electron chi connectivity index (χ4n) is 3.96. The average molecular weight is 455 g/mol. The van der Waals surface area contributed by atoms with Gasteiger partial charge >= 0.3 is 0 Å². The third kappa shape index (κ3) is 3.81. The minimum Gasteiger partial charge on any atom is -0.361 e. The number of hydrogen-bond donors (Lipinski definition) is 4. The number of anilines is 3. The number of halogens is 1. The molecule has 0 bridgehead atoms. The summed E-state index contributed by atoms with van der Waals surface area (Å²) < 4.78 is 0. The molecule has 6 rings (SSSR count). The van der Waals surface area contributed by atoms with Crippen molar-refractivity contribution in [3.63, 3.8) is 0 Å². The summed E-state index contributed by atoms with van der Waals surface area (Å²) in [6.45, 7) is 0.697. The summed E-state index contributed by atoms with van der Waals surface area (Å²) in [6, 6.07) is 15.8. The number of rotatable bonds is 6. The van der Waals surface area contributed by atoms with Crippen molar-refractivity contribution in [2.45, 2.75) is 6.42 Å². The Bertz CT molecular complexity index is 1600. The Morgan fingerprint density at radius 2 is 1.91 bits per heavy atom. The number of H-pyrrole nitrogens is 2. The van der Waals surface area contributed by atoms with Crippen molar-refractivity contribution in [2.24, 2.45) is 0 Å². The van der Waals surface area contributed by atoms with Crippen LogP contribution in [0.4, 0.5) is 17.5 Å². The van der Waals surface area contributed by atoms with E-state index in [-0.39, 0.29) is 0 Å². The Hall–Kier alpha value is -4.17. The van der Waals surface area contributed by atoms with E-state index in [0.29, 0.717) is 23.3 Å². The van der Waals surface area contributed by atoms with Crippen molar-refractivity contribution in [3.05, 3.63) is 77.7 Å². The summed E-state index contributed by atoms with van der Waals surface area (Å²) in [7, 11) is 0. The van der Waals surface area contributed by atoms with Gasteiger partial charge in [0.05, 0.1) is 23.6 Å². The molecule has 0 atom stereocenters. The molecule has 9 heteroatoms. The summed E-state index contributed by atoms with van der Waals surface area (Å²) >= 11 is 6.26. The van der Waals surface area contributed by atoms with Crippen molar-refractivity contribution in [1.82, 2.24) is 30.1 Å². The zero-order valence-corrected chi connectivity index (χ0v) is 18.2. The molecule has 0 radical (unpaired) electrons. The van der Waals surface area contributed by atoms with E-state index in [9.17, 15) is 0 Å². The number of pyridine rings is 1. The second-order valence-electron chi connectivity index (χ2n) is 7.75. The van der Waals surface area contributed by atoms with Gasteiger partial charge in [-0.15, -0.1) is 0 Å². The molecule has 0 fully saturated rings. The highest BCUT2D eigenvalue weighted by Gasteiger charge is 2.11. The Balaban J connectivity index is 1.28. The van der Waals surface area contributed by atoms with Gasteiger partial charge in [0.15, 0.2) is 5.65 Å². The lowest BCUT2D eigenvalue weighted by atomic mass is 10.1. The second kappa shape index (κ2) is 8.07. The van der Waals surface area contributed by atoms with Crippen molar-refractivity contribution >= 4 is 61.9 Å². The maximum Gasteiger partial charge on any atom is 0.225 e. The SMILES string of the molecule is Clc1ccc2nc(NCCc3c[nH]c4ccccc34)nc(Nc3cnc4[nH]ncc4c3)c2c1. The monoisotopic (exact) mass is 454 g/mol. The molecule has 0 amide bonds. The van der Waals surface area contributed by atoms with Crippen LogP contribution in [0.25, 0.3) is 32.8 Å². The zero-order valence-electron chi connectivity index (χ0n) is 17.4. The average Bonchev–Trinajstić information content (AvgIpc) is 3.46. The summed E-state index contributed by atoms with van der Waals surface area (Å²) in [5, 5.41) is 17.2. The fraction of sp³-hybridized carbons (Fsp3) is 0.0833. The molecule has 0 aliphatic rings. The van der Waals surface area contributed by atoms with Gasteiger partial charge in [0.1, 0.15) is 5.82 Å². The van der Waals surface area contributed by atoms with Crippen LogP contribution >= 0.6 is 11.6 Å². The highest BCUT2D eigenvalue weighted by atomic mass is 35.5. The topological polar surface area (TPSA) is 107 Å². The van der Waals surface area contributed by atoms with Crippen LogP contribution in [-0.4, -0.2) is 36.7 Å². The minimum atomic E-state index is 0.546. The largest absolute Gasteiger partial charge is 0.361 e. The van der Waals surface area contributed by atoms with Crippen LogP contribution in [-0.2, 0) is 6.42 Å². The van der Waals surface area contributed by atoms with Crippen molar-refractivity contribution in [2.75, 3.05) is 17.2 Å². The number of nitrogens with one attached hydrogen (secondary N) is 4. The molecule has 33 heavy (non-hydrogen) atoms. The Morgan fingerprint density at radius 3 is 2.88 bits per heavy atom. The molecular weight excluding hydrogens is 436 g/mol. The van der Waals surface area contributed by atoms with Crippen LogP contribution < -0.4 is 10.6 Å². The Labute approximate surface area is 193 Å². The fourth-order valence-corrected chi connectivity index (χ4v) is 4.14. The summed E-state index contributed by atoms with van der Waals surface area (Å²) in [4.78, 5) is 17.1. The smallest absolute Gasteiger partial charge is 0.225 e. The van der Waals surface area contributed by atoms with Gasteiger partial charge in [0.25, 0.3) is 0 Å². The minimum absolute atomic E-state index is 0.546. The number of benzene rings is 2. The zero-order chi connectivity index (χ0) is 22.2. The number of para-hydroxylation sites is 1. The van der Waals surface area contributed by atoms with E-state index in [1.54, 1.807) is 12.4 Å². The maximum atomic E-state index is 6.26. The Morgan fingerprint density at radius 1 is 0.970 bits per heavy atom. The molecule has 0 saturated heterocycles. The predicted octanol–water partition coefficient (Wildman–Crippen LogP) is 5.43. The third-order valence-electron chi connectivity index (χ3n) is 5.56. The molecular formula is C24H19ClN8. The molecule has 0 spiro atoms. The molecule has 0 unspecified atom stereocenters. The number of aromatic amines is 2. The first-order valence-corrected chi connectivity index (χ1v) is 10.9. The number of fused-ring (bicyclic) bond motifs is 3. The summed E-state index contributed by atoms with van der Waals surface area (Å²) in [6.07, 6.45) is 6.38. The van der Waals surface area contributed by atoms with Crippen LogP contribution in [0, 0.1) is 0 Å². The lowest BCUT2D eigenvalue weighted by Crippen LogP contribution is -2.09. The van der Waals surface area contributed by atoms with E-state index >= 15 is 0 Å². The molecule has 0 aliphatic carbocycles. The Kier molecular flexibility index (Phi) is 4.77. The molecule has 0 aliphatic heterocycles. The first-order chi connectivity index (χ1) is 16.2. The quantitative estimate of drug-likeness (QED) is 0.267. The molecule has 8 nitrogen and oxygen atoms in total. The summed E-state index contributed by atoms with van der Waals surface area (Å²) in [5.41, 5.74) is 4.72. The van der Waals surface area contributed by atoms with E-state index in [4.69, 9.17) is 16.6 Å². The van der Waals surface area contributed by atoms with Gasteiger partial charge < -0.3 is 15.6 Å². The number of hydrogen-bond acceptors (Lipinski definition) is 6. The molecule has 4 heterocycles. The van der Waals surface area contributed by atoms with E-state index in [1.165, 1.54) is 10.9 Å². The summed E-state index contributed by atoms with van der Waals surface area (Å²) in [5.74, 6) is 1.20. The van der Waals surface area contributed by atoms with Gasteiger partial charge in [-0.25, -0.2) is 9.97 Å². The van der Waals surface area contributed by atoms with E-state index in [2.05, 4.69) is 60.2 Å². The van der Waals surface area contributed by atoms with Gasteiger partial charge in [-0.2, -0.15) is 10.1 Å². The highest BCUT2D eigenvalue weighted by molar-refractivity contribution is 6.31. The van der Waals surface area contributed by atoms with Crippen LogP contribution in [0.15, 0.2) is 67.1 Å². The van der Waals surface area contributed by atoms with Crippen molar-refractivity contribution in [3.8, 4) is 0 Å². The van der Waals surface area contributed by atoms with Gasteiger partial charge in [0, 0.05) is 39.4 Å². The predicted molar refractivity (Wildman–Crippen MR) is 132 cm³/mol. The number of aromatic nitrogens is 6. The van der Waals surface area contributed by atoms with Crippen LogP contribution in [0.3, 0.4) is 0 Å². The van der Waals surface area contributed by atoms with Gasteiger partial charge in [-0.1, -0.05) is 29.8 Å². The molecule has 2 aromatic carbocycles. The van der Waals surface area contributed by atoms with E-state index in [1.807, 2.05) is 30.3 Å². The van der Waals surface area contributed by atoms with Crippen LogP contribution in [0.1, 0.15) is 5.56 Å². The number of nitrogens with zero attached hydrogens (tertiary/aromatic N) is 4. The highest BCUT2D eigenvalue weighted by Crippen LogP contribution is 2.28. The lowest BCUT2D eigenvalue weighted by Gasteiger charge is -2.12. The molecule has 4 N–H and O–H groups in total.